The molecular weight excluding hydrogens is 466 g/mol. The molecule has 1 heterocycles. The third kappa shape index (κ3) is 4.41. The molecule has 4 saturated carbocycles. The van der Waals surface area contributed by atoms with E-state index >= 15 is 0 Å². The van der Waals surface area contributed by atoms with E-state index in [0.29, 0.717) is 23.5 Å². The van der Waals surface area contributed by atoms with Crippen LogP contribution >= 0.6 is 11.6 Å². The van der Waals surface area contributed by atoms with Crippen molar-refractivity contribution < 1.29 is 22.4 Å². The van der Waals surface area contributed by atoms with E-state index in [2.05, 4.69) is 15.6 Å². The van der Waals surface area contributed by atoms with E-state index in [0.717, 1.165) is 19.3 Å². The zero-order valence-corrected chi connectivity index (χ0v) is 19.5. The molecule has 3 N–H and O–H groups in total. The SMILES string of the molecule is O=C(NNC(=O)C12CC3CC(CC(C3)C1)C2)c1ccc(Cl)c(S(=O)(=O)NCc2ccco2)c1. The summed E-state index contributed by atoms with van der Waals surface area (Å²) in [7, 11) is -3.99. The highest BCUT2D eigenvalue weighted by Gasteiger charge is 2.54. The van der Waals surface area contributed by atoms with Gasteiger partial charge in [-0.25, -0.2) is 13.1 Å². The summed E-state index contributed by atoms with van der Waals surface area (Å²) in [6.07, 6.45) is 7.74. The number of benzene rings is 1. The van der Waals surface area contributed by atoms with Gasteiger partial charge in [0.05, 0.1) is 23.2 Å². The van der Waals surface area contributed by atoms with Crippen LogP contribution in [0.25, 0.3) is 0 Å². The molecule has 0 spiro atoms. The Balaban J connectivity index is 1.25. The first kappa shape index (κ1) is 22.4. The lowest BCUT2D eigenvalue weighted by molar-refractivity contribution is -0.147. The minimum Gasteiger partial charge on any atom is -0.468 e. The Morgan fingerprint density at radius 2 is 1.70 bits per heavy atom. The van der Waals surface area contributed by atoms with Crippen molar-refractivity contribution in [2.75, 3.05) is 0 Å². The van der Waals surface area contributed by atoms with E-state index in [4.69, 9.17) is 16.0 Å². The summed E-state index contributed by atoms with van der Waals surface area (Å²) in [5, 5.41) is -0.0175. The zero-order valence-electron chi connectivity index (χ0n) is 18.0. The van der Waals surface area contributed by atoms with Crippen LogP contribution in [0.1, 0.15) is 54.6 Å². The molecule has 1 aromatic carbocycles. The van der Waals surface area contributed by atoms with Gasteiger partial charge in [-0.15, -0.1) is 0 Å². The highest BCUT2D eigenvalue weighted by Crippen LogP contribution is 2.60. The van der Waals surface area contributed by atoms with Crippen molar-refractivity contribution in [2.24, 2.45) is 23.2 Å². The molecule has 0 radical (unpaired) electrons. The smallest absolute Gasteiger partial charge is 0.269 e. The number of furan rings is 1. The molecule has 4 aliphatic rings. The molecule has 33 heavy (non-hydrogen) atoms. The van der Waals surface area contributed by atoms with Gasteiger partial charge in [-0.05, 0) is 86.6 Å². The van der Waals surface area contributed by atoms with Crippen molar-refractivity contribution in [3.8, 4) is 0 Å². The highest BCUT2D eigenvalue weighted by molar-refractivity contribution is 7.89. The van der Waals surface area contributed by atoms with Gasteiger partial charge in [-0.2, -0.15) is 0 Å². The van der Waals surface area contributed by atoms with Crippen LogP contribution in [0.3, 0.4) is 0 Å². The maximum atomic E-state index is 13.0. The van der Waals surface area contributed by atoms with Gasteiger partial charge in [-0.1, -0.05) is 11.6 Å². The summed E-state index contributed by atoms with van der Waals surface area (Å²) in [5.41, 5.74) is 4.75. The van der Waals surface area contributed by atoms with Crippen LogP contribution < -0.4 is 15.6 Å². The maximum Gasteiger partial charge on any atom is 0.269 e. The highest BCUT2D eigenvalue weighted by atomic mass is 35.5. The van der Waals surface area contributed by atoms with Crippen LogP contribution in [0, 0.1) is 23.2 Å². The number of halogens is 1. The second-order valence-corrected chi connectivity index (χ2v) is 11.8. The fourth-order valence-electron chi connectivity index (χ4n) is 6.21. The Bertz CT molecular complexity index is 1140. The van der Waals surface area contributed by atoms with E-state index in [1.807, 2.05) is 0 Å². The maximum absolute atomic E-state index is 13.0. The third-order valence-corrected chi connectivity index (χ3v) is 9.19. The summed E-state index contributed by atoms with van der Waals surface area (Å²) >= 11 is 6.11. The normalized spacial score (nSPS) is 28.0. The number of carbonyl (C=O) groups is 2. The largest absolute Gasteiger partial charge is 0.468 e. The first-order valence-electron chi connectivity index (χ1n) is 11.2. The van der Waals surface area contributed by atoms with Crippen LogP contribution in [0.2, 0.25) is 5.02 Å². The predicted molar refractivity (Wildman–Crippen MR) is 120 cm³/mol. The first-order valence-corrected chi connectivity index (χ1v) is 13.0. The fraction of sp³-hybridized carbons (Fsp3) is 0.478. The number of hydrogen-bond donors (Lipinski definition) is 3. The van der Waals surface area contributed by atoms with Crippen molar-refractivity contribution in [3.63, 3.8) is 0 Å². The molecule has 4 aliphatic carbocycles. The molecule has 8 nitrogen and oxygen atoms in total. The van der Waals surface area contributed by atoms with Gasteiger partial charge in [0, 0.05) is 5.56 Å². The molecule has 0 saturated heterocycles. The quantitative estimate of drug-likeness (QED) is 0.535. The number of sulfonamides is 1. The molecule has 1 aromatic heterocycles. The molecule has 176 valence electrons. The minimum absolute atomic E-state index is 0.0175. The Labute approximate surface area is 197 Å². The molecule has 6 rings (SSSR count). The van der Waals surface area contributed by atoms with Crippen LogP contribution in [0.5, 0.6) is 0 Å². The standard InChI is InChI=1S/C23H26ClN3O5S/c24-19-4-3-17(9-20(19)33(30,31)25-13-18-2-1-5-32-18)21(28)26-27-22(29)23-10-14-6-15(11-23)8-16(7-14)12-23/h1-5,9,14-16,25H,6-8,10-13H2,(H,26,28)(H,27,29). The van der Waals surface area contributed by atoms with Crippen LogP contribution in [0.4, 0.5) is 0 Å². The third-order valence-electron chi connectivity index (χ3n) is 7.31. The van der Waals surface area contributed by atoms with Gasteiger partial charge in [0.25, 0.3) is 5.91 Å². The Morgan fingerprint density at radius 3 is 2.30 bits per heavy atom. The number of carbonyl (C=O) groups excluding carboxylic acids is 2. The number of hydrazine groups is 1. The summed E-state index contributed by atoms with van der Waals surface area (Å²) in [5.74, 6) is 1.52. The zero-order chi connectivity index (χ0) is 23.2. The van der Waals surface area contributed by atoms with Crippen LogP contribution in [-0.4, -0.2) is 20.2 Å². The second kappa shape index (κ2) is 8.45. The Morgan fingerprint density at radius 1 is 1.03 bits per heavy atom. The fourth-order valence-corrected chi connectivity index (χ4v) is 7.73. The van der Waals surface area contributed by atoms with Crippen molar-refractivity contribution >= 4 is 33.4 Å². The van der Waals surface area contributed by atoms with Gasteiger partial charge in [0.2, 0.25) is 15.9 Å². The minimum atomic E-state index is -3.99. The molecule has 0 aliphatic heterocycles. The van der Waals surface area contributed by atoms with Gasteiger partial charge in [0.1, 0.15) is 10.7 Å². The lowest BCUT2D eigenvalue weighted by Crippen LogP contribution is -2.56. The van der Waals surface area contributed by atoms with Crippen molar-refractivity contribution in [3.05, 3.63) is 52.9 Å². The molecule has 10 heteroatoms. The number of nitrogens with one attached hydrogen (secondary N) is 3. The van der Waals surface area contributed by atoms with Crippen molar-refractivity contribution in [2.45, 2.75) is 50.0 Å². The van der Waals surface area contributed by atoms with Crippen molar-refractivity contribution in [1.29, 1.82) is 0 Å². The lowest BCUT2D eigenvalue weighted by Gasteiger charge is -2.55. The second-order valence-electron chi connectivity index (χ2n) is 9.66. The summed E-state index contributed by atoms with van der Waals surface area (Å²) < 4.78 is 33.0. The predicted octanol–water partition coefficient (Wildman–Crippen LogP) is 3.39. The molecule has 0 atom stereocenters. The van der Waals surface area contributed by atoms with Gasteiger partial charge >= 0.3 is 0 Å². The average molecular weight is 492 g/mol. The molecule has 0 unspecified atom stereocenters. The molecule has 4 bridgehead atoms. The van der Waals surface area contributed by atoms with Gasteiger partial charge in [0.15, 0.2) is 0 Å². The summed E-state index contributed by atoms with van der Waals surface area (Å²) in [6, 6.07) is 7.25. The number of hydrogen-bond acceptors (Lipinski definition) is 5. The van der Waals surface area contributed by atoms with E-state index in [9.17, 15) is 18.0 Å². The average Bonchev–Trinajstić information content (AvgIpc) is 3.29. The Hall–Kier alpha value is -2.36. The van der Waals surface area contributed by atoms with Crippen LogP contribution in [-0.2, 0) is 21.4 Å². The Kier molecular flexibility index (Phi) is 5.74. The summed E-state index contributed by atoms with van der Waals surface area (Å²) in [6.45, 7) is -0.0524. The number of rotatable bonds is 6. The number of amides is 2. The summed E-state index contributed by atoms with van der Waals surface area (Å²) in [4.78, 5) is 25.5. The molecular formula is C23H26ClN3O5S. The van der Waals surface area contributed by atoms with E-state index in [1.54, 1.807) is 12.1 Å². The lowest BCUT2D eigenvalue weighted by atomic mass is 9.49. The topological polar surface area (TPSA) is 118 Å². The van der Waals surface area contributed by atoms with E-state index < -0.39 is 21.3 Å². The van der Waals surface area contributed by atoms with E-state index in [-0.39, 0.29) is 27.9 Å². The van der Waals surface area contributed by atoms with E-state index in [1.165, 1.54) is 43.7 Å². The first-order chi connectivity index (χ1) is 15.7. The molecule has 4 fully saturated rings. The van der Waals surface area contributed by atoms with Crippen LogP contribution in [0.15, 0.2) is 45.9 Å². The molecule has 2 amide bonds. The van der Waals surface area contributed by atoms with Gasteiger partial charge < -0.3 is 4.42 Å². The van der Waals surface area contributed by atoms with Crippen molar-refractivity contribution in [1.82, 2.24) is 15.6 Å². The monoisotopic (exact) mass is 491 g/mol. The van der Waals surface area contributed by atoms with Gasteiger partial charge in [-0.3, -0.25) is 20.4 Å². The molecule has 2 aromatic rings.